The first kappa shape index (κ1) is 15.4. The number of hydrogen-bond donors (Lipinski definition) is 1. The van der Waals surface area contributed by atoms with Crippen molar-refractivity contribution in [3.05, 3.63) is 23.2 Å². The summed E-state index contributed by atoms with van der Waals surface area (Å²) in [7, 11) is 2.17. The number of likely N-dealkylation sites (N-methyl/N-ethyl adjacent to an activating group) is 1. The van der Waals surface area contributed by atoms with Crippen LogP contribution in [-0.4, -0.2) is 55.7 Å². The first-order chi connectivity index (χ1) is 9.56. The number of nitrogens with two attached hydrogens (primary N) is 1. The molecular formula is C15H24ClN3O. The monoisotopic (exact) mass is 297 g/mol. The summed E-state index contributed by atoms with van der Waals surface area (Å²) >= 11 is 5.95. The lowest BCUT2D eigenvalue weighted by atomic mass is 10.2. The number of anilines is 1. The van der Waals surface area contributed by atoms with Crippen molar-refractivity contribution in [2.45, 2.75) is 19.4 Å². The first-order valence-corrected chi connectivity index (χ1v) is 7.54. The van der Waals surface area contributed by atoms with Gasteiger partial charge in [-0.15, -0.1) is 0 Å². The van der Waals surface area contributed by atoms with E-state index in [4.69, 9.17) is 22.1 Å². The Kier molecular flexibility index (Phi) is 5.52. The number of piperazine rings is 1. The minimum absolute atomic E-state index is 0.532. The lowest BCUT2D eigenvalue weighted by Crippen LogP contribution is -2.48. The van der Waals surface area contributed by atoms with Gasteiger partial charge in [0.25, 0.3) is 0 Å². The number of nitrogens with zero attached hydrogens (tertiary/aromatic N) is 2. The fourth-order valence-corrected chi connectivity index (χ4v) is 2.58. The van der Waals surface area contributed by atoms with Crippen LogP contribution in [0, 0.1) is 0 Å². The third kappa shape index (κ3) is 4.27. The average Bonchev–Trinajstić information content (AvgIpc) is 2.43. The van der Waals surface area contributed by atoms with Gasteiger partial charge in [0, 0.05) is 43.3 Å². The summed E-state index contributed by atoms with van der Waals surface area (Å²) in [5, 5.41) is 0.654. The van der Waals surface area contributed by atoms with Gasteiger partial charge in [-0.3, -0.25) is 4.90 Å². The summed E-state index contributed by atoms with van der Waals surface area (Å²) in [4.78, 5) is 4.89. The Bertz CT molecular complexity index is 433. The molecule has 1 aliphatic rings. The zero-order valence-corrected chi connectivity index (χ0v) is 13.1. The standard InChI is InChI=1S/C15H24ClN3O/c1-12(19-8-6-18(2)7-9-19)5-10-20-15-11-13(16)3-4-14(15)17/h3-4,11-12H,5-10,17H2,1-2H3. The van der Waals surface area contributed by atoms with Crippen LogP contribution >= 0.6 is 11.6 Å². The van der Waals surface area contributed by atoms with Crippen molar-refractivity contribution in [1.29, 1.82) is 0 Å². The van der Waals surface area contributed by atoms with Crippen LogP contribution < -0.4 is 10.5 Å². The molecule has 1 atom stereocenters. The minimum Gasteiger partial charge on any atom is -0.491 e. The van der Waals surface area contributed by atoms with Crippen LogP contribution in [-0.2, 0) is 0 Å². The number of halogens is 1. The van der Waals surface area contributed by atoms with Crippen LogP contribution in [0.3, 0.4) is 0 Å². The number of rotatable bonds is 5. The molecule has 0 aliphatic carbocycles. The molecule has 2 rings (SSSR count). The number of hydrogen-bond acceptors (Lipinski definition) is 4. The summed E-state index contributed by atoms with van der Waals surface area (Å²) < 4.78 is 5.75. The third-order valence-corrected chi connectivity index (χ3v) is 4.17. The molecule has 0 amide bonds. The smallest absolute Gasteiger partial charge is 0.143 e. The topological polar surface area (TPSA) is 41.7 Å². The molecule has 4 nitrogen and oxygen atoms in total. The predicted octanol–water partition coefficient (Wildman–Crippen LogP) is 2.33. The van der Waals surface area contributed by atoms with Crippen LogP contribution in [0.25, 0.3) is 0 Å². The lowest BCUT2D eigenvalue weighted by Gasteiger charge is -2.36. The molecule has 112 valence electrons. The Hall–Kier alpha value is -0.970. The Labute approximate surface area is 126 Å². The fraction of sp³-hybridized carbons (Fsp3) is 0.600. The van der Waals surface area contributed by atoms with Gasteiger partial charge in [-0.2, -0.15) is 0 Å². The van der Waals surface area contributed by atoms with Crippen molar-refractivity contribution in [2.75, 3.05) is 45.6 Å². The van der Waals surface area contributed by atoms with E-state index in [1.807, 2.05) is 0 Å². The summed E-state index contributed by atoms with van der Waals surface area (Å²) in [5.41, 5.74) is 6.51. The van der Waals surface area contributed by atoms with E-state index >= 15 is 0 Å². The van der Waals surface area contributed by atoms with E-state index in [1.54, 1.807) is 18.2 Å². The molecule has 0 aromatic heterocycles. The van der Waals surface area contributed by atoms with Crippen LogP contribution in [0.2, 0.25) is 5.02 Å². The first-order valence-electron chi connectivity index (χ1n) is 7.16. The van der Waals surface area contributed by atoms with E-state index in [0.29, 0.717) is 29.1 Å². The normalized spacial score (nSPS) is 18.9. The van der Waals surface area contributed by atoms with Crippen molar-refractivity contribution in [3.8, 4) is 5.75 Å². The zero-order chi connectivity index (χ0) is 14.5. The molecule has 0 saturated carbocycles. The lowest BCUT2D eigenvalue weighted by molar-refractivity contribution is 0.106. The highest BCUT2D eigenvalue weighted by Crippen LogP contribution is 2.25. The molecule has 1 saturated heterocycles. The molecule has 0 radical (unpaired) electrons. The summed E-state index contributed by atoms with van der Waals surface area (Å²) in [6, 6.07) is 5.86. The zero-order valence-electron chi connectivity index (χ0n) is 12.3. The second-order valence-corrected chi connectivity index (χ2v) is 5.94. The van der Waals surface area contributed by atoms with E-state index in [1.165, 1.54) is 0 Å². The Balaban J connectivity index is 1.76. The van der Waals surface area contributed by atoms with Gasteiger partial charge in [0.2, 0.25) is 0 Å². The van der Waals surface area contributed by atoms with Crippen molar-refractivity contribution < 1.29 is 4.74 Å². The maximum atomic E-state index is 5.95. The molecule has 1 fully saturated rings. The second kappa shape index (κ2) is 7.16. The van der Waals surface area contributed by atoms with Gasteiger partial charge in [0.05, 0.1) is 12.3 Å². The molecule has 20 heavy (non-hydrogen) atoms. The van der Waals surface area contributed by atoms with E-state index in [9.17, 15) is 0 Å². The highest BCUT2D eigenvalue weighted by atomic mass is 35.5. The summed E-state index contributed by atoms with van der Waals surface area (Å²) in [6.07, 6.45) is 0.996. The molecular weight excluding hydrogens is 274 g/mol. The van der Waals surface area contributed by atoms with Gasteiger partial charge in [-0.25, -0.2) is 0 Å². The average molecular weight is 298 g/mol. The van der Waals surface area contributed by atoms with Crippen LogP contribution in [0.4, 0.5) is 5.69 Å². The molecule has 1 heterocycles. The number of nitrogen functional groups attached to an aromatic ring is 1. The van der Waals surface area contributed by atoms with E-state index in [2.05, 4.69) is 23.8 Å². The minimum atomic E-state index is 0.532. The van der Waals surface area contributed by atoms with E-state index < -0.39 is 0 Å². The van der Waals surface area contributed by atoms with Crippen molar-refractivity contribution >= 4 is 17.3 Å². The van der Waals surface area contributed by atoms with Crippen molar-refractivity contribution in [2.24, 2.45) is 0 Å². The number of ether oxygens (including phenoxy) is 1. The van der Waals surface area contributed by atoms with Crippen LogP contribution in [0.5, 0.6) is 5.75 Å². The van der Waals surface area contributed by atoms with E-state index in [0.717, 1.165) is 32.6 Å². The van der Waals surface area contributed by atoms with Crippen LogP contribution in [0.1, 0.15) is 13.3 Å². The fourth-order valence-electron chi connectivity index (χ4n) is 2.42. The second-order valence-electron chi connectivity index (χ2n) is 5.51. The van der Waals surface area contributed by atoms with Gasteiger partial charge in [0.1, 0.15) is 5.75 Å². The van der Waals surface area contributed by atoms with E-state index in [-0.39, 0.29) is 0 Å². The van der Waals surface area contributed by atoms with Gasteiger partial charge >= 0.3 is 0 Å². The Morgan fingerprint density at radius 1 is 1.30 bits per heavy atom. The highest BCUT2D eigenvalue weighted by Gasteiger charge is 2.18. The molecule has 2 N–H and O–H groups in total. The molecule has 5 heteroatoms. The van der Waals surface area contributed by atoms with Crippen LogP contribution in [0.15, 0.2) is 18.2 Å². The number of benzene rings is 1. The molecule has 1 unspecified atom stereocenters. The van der Waals surface area contributed by atoms with Gasteiger partial charge < -0.3 is 15.4 Å². The maximum Gasteiger partial charge on any atom is 0.143 e. The summed E-state index contributed by atoms with van der Waals surface area (Å²) in [5.74, 6) is 0.683. The molecule has 1 aliphatic heterocycles. The Morgan fingerprint density at radius 2 is 2.00 bits per heavy atom. The van der Waals surface area contributed by atoms with Gasteiger partial charge in [-0.1, -0.05) is 11.6 Å². The largest absolute Gasteiger partial charge is 0.491 e. The molecule has 0 bridgehead atoms. The summed E-state index contributed by atoms with van der Waals surface area (Å²) in [6.45, 7) is 7.49. The molecule has 1 aromatic carbocycles. The molecule has 1 aromatic rings. The third-order valence-electron chi connectivity index (χ3n) is 3.93. The van der Waals surface area contributed by atoms with Crippen molar-refractivity contribution in [1.82, 2.24) is 9.80 Å². The molecule has 0 spiro atoms. The predicted molar refractivity (Wildman–Crippen MR) is 84.5 cm³/mol. The van der Waals surface area contributed by atoms with Gasteiger partial charge in [-0.05, 0) is 32.5 Å². The van der Waals surface area contributed by atoms with Gasteiger partial charge in [0.15, 0.2) is 0 Å². The quantitative estimate of drug-likeness (QED) is 0.847. The van der Waals surface area contributed by atoms with Crippen molar-refractivity contribution in [3.63, 3.8) is 0 Å². The maximum absolute atomic E-state index is 5.95. The Morgan fingerprint density at radius 3 is 2.70 bits per heavy atom. The SMILES string of the molecule is CC(CCOc1cc(Cl)ccc1N)N1CCN(C)CC1. The highest BCUT2D eigenvalue weighted by molar-refractivity contribution is 6.30.